The molecule has 3 heterocycles. The van der Waals surface area contributed by atoms with Gasteiger partial charge in [0.2, 0.25) is 5.92 Å². The normalized spacial score (nSPS) is 23.8. The Morgan fingerprint density at radius 3 is 2.68 bits per heavy atom. The maximum atomic E-state index is 13.7. The van der Waals surface area contributed by atoms with Crippen LogP contribution in [0.25, 0.3) is 11.1 Å². The van der Waals surface area contributed by atoms with E-state index in [9.17, 15) is 8.78 Å². The Bertz CT molecular complexity index is 929. The fourth-order valence-corrected chi connectivity index (χ4v) is 4.61. The Hall–Kier alpha value is -2.42. The topological polar surface area (TPSA) is 79.5 Å². The van der Waals surface area contributed by atoms with E-state index in [1.165, 1.54) is 5.56 Å². The van der Waals surface area contributed by atoms with Crippen LogP contribution in [0.2, 0.25) is 0 Å². The number of rotatable bonds is 3. The number of hydrogen-bond acceptors (Lipinski definition) is 6. The highest BCUT2D eigenvalue weighted by Gasteiger charge is 2.48. The smallest absolute Gasteiger partial charge is 0.249 e. The monoisotopic (exact) mass is 387 g/mol. The summed E-state index contributed by atoms with van der Waals surface area (Å²) < 4.78 is 29.2. The molecule has 28 heavy (non-hydrogen) atoms. The molecule has 5 rings (SSSR count). The highest BCUT2D eigenvalue weighted by atomic mass is 19.3. The molecule has 2 N–H and O–H groups in total. The van der Waals surface area contributed by atoms with Gasteiger partial charge in [0, 0.05) is 48.8 Å². The molecular weight excluding hydrogens is 364 g/mol. The third kappa shape index (κ3) is 2.97. The van der Waals surface area contributed by atoms with Gasteiger partial charge in [-0.3, -0.25) is 9.67 Å². The van der Waals surface area contributed by atoms with Gasteiger partial charge in [-0.25, -0.2) is 14.3 Å². The lowest BCUT2D eigenvalue weighted by Gasteiger charge is -2.37. The second-order valence-electron chi connectivity index (χ2n) is 8.01. The van der Waals surface area contributed by atoms with Gasteiger partial charge >= 0.3 is 0 Å². The minimum absolute atomic E-state index is 0.157. The molecule has 2 aromatic rings. The number of hydrogen-bond donors (Lipinski definition) is 2. The molecule has 1 fully saturated rings. The van der Waals surface area contributed by atoms with Crippen LogP contribution in [-0.4, -0.2) is 20.7 Å². The van der Waals surface area contributed by atoms with E-state index in [0.29, 0.717) is 0 Å². The number of nitrogens with one attached hydrogen (secondary N) is 2. The molecule has 9 heteroatoms. The molecule has 2 aromatic heterocycles. The molecule has 2 aliphatic carbocycles. The number of nitrogens with zero attached hydrogens (tertiary/aromatic N) is 5. The van der Waals surface area contributed by atoms with Crippen molar-refractivity contribution in [3.8, 4) is 11.1 Å². The van der Waals surface area contributed by atoms with Crippen LogP contribution < -0.4 is 11.0 Å². The summed E-state index contributed by atoms with van der Waals surface area (Å²) in [5, 5.41) is 12.5. The Morgan fingerprint density at radius 1 is 1.18 bits per heavy atom. The zero-order valence-corrected chi connectivity index (χ0v) is 15.8. The molecule has 1 saturated carbocycles. The molecular formula is C19H23F2N7. The number of aromatic nitrogens is 3. The molecule has 0 amide bonds. The first kappa shape index (κ1) is 17.7. The van der Waals surface area contributed by atoms with Crippen molar-refractivity contribution in [3.63, 3.8) is 0 Å². The largest absolute Gasteiger partial charge is 0.275 e. The number of fused-ring (bicyclic) bond motifs is 1. The lowest BCUT2D eigenvalue weighted by atomic mass is 9.75. The second kappa shape index (κ2) is 6.58. The fraction of sp³-hybridized carbons (Fsp3) is 0.579. The molecule has 1 aliphatic heterocycles. The van der Waals surface area contributed by atoms with Crippen molar-refractivity contribution in [2.75, 3.05) is 0 Å². The van der Waals surface area contributed by atoms with Crippen LogP contribution >= 0.6 is 0 Å². The van der Waals surface area contributed by atoms with E-state index in [1.807, 2.05) is 19.4 Å². The van der Waals surface area contributed by atoms with E-state index in [-0.39, 0.29) is 18.8 Å². The summed E-state index contributed by atoms with van der Waals surface area (Å²) >= 11 is 0. The first-order chi connectivity index (χ1) is 13.5. The predicted molar refractivity (Wildman–Crippen MR) is 98.5 cm³/mol. The molecule has 0 aromatic carbocycles. The van der Waals surface area contributed by atoms with Crippen LogP contribution in [0.4, 0.5) is 8.78 Å². The van der Waals surface area contributed by atoms with Gasteiger partial charge in [-0.15, -0.1) is 5.11 Å². The maximum Gasteiger partial charge on any atom is 0.249 e. The highest BCUT2D eigenvalue weighted by Crippen LogP contribution is 2.51. The van der Waals surface area contributed by atoms with Crippen molar-refractivity contribution in [3.05, 3.63) is 34.9 Å². The molecule has 1 atom stereocenters. The van der Waals surface area contributed by atoms with Gasteiger partial charge in [-0.2, -0.15) is 10.5 Å². The van der Waals surface area contributed by atoms with E-state index in [0.717, 1.165) is 60.2 Å². The Kier molecular flexibility index (Phi) is 4.15. The van der Waals surface area contributed by atoms with E-state index in [2.05, 4.69) is 26.4 Å². The SMILES string of the molecule is Cn1cc(-c2c3c(nc(C4CC(F)(F)C4)c2C2N=NNN2)CCCCC3)cn1. The van der Waals surface area contributed by atoms with Crippen LogP contribution in [0.15, 0.2) is 22.7 Å². The Morgan fingerprint density at radius 2 is 2.00 bits per heavy atom. The number of aryl methyl sites for hydroxylation is 2. The number of pyridine rings is 1. The van der Waals surface area contributed by atoms with Crippen molar-refractivity contribution in [1.82, 2.24) is 25.7 Å². The predicted octanol–water partition coefficient (Wildman–Crippen LogP) is 3.74. The fourth-order valence-electron chi connectivity index (χ4n) is 4.61. The van der Waals surface area contributed by atoms with Crippen molar-refractivity contribution < 1.29 is 8.78 Å². The zero-order valence-electron chi connectivity index (χ0n) is 15.8. The second-order valence-corrected chi connectivity index (χ2v) is 8.01. The van der Waals surface area contributed by atoms with Gasteiger partial charge in [0.05, 0.1) is 11.9 Å². The van der Waals surface area contributed by atoms with E-state index in [4.69, 9.17) is 4.98 Å². The summed E-state index contributed by atoms with van der Waals surface area (Å²) in [6.07, 6.45) is 8.19. The molecule has 0 saturated heterocycles. The quantitative estimate of drug-likeness (QED) is 0.787. The average Bonchev–Trinajstić information content (AvgIpc) is 3.25. The molecule has 0 radical (unpaired) electrons. The standard InChI is InChI=1S/C19H23F2N7/c1-28-10-12(9-22-28)15-13-5-3-2-4-6-14(13)23-17(11-7-19(20,21)8-11)16(15)18-24-26-27-25-18/h9-11,18H,2-8H2,1H3,(H,24,27)(H,25,26). The summed E-state index contributed by atoms with van der Waals surface area (Å²) in [4.78, 5) is 4.97. The van der Waals surface area contributed by atoms with Crippen molar-refractivity contribution >= 4 is 0 Å². The lowest BCUT2D eigenvalue weighted by Crippen LogP contribution is -2.36. The lowest BCUT2D eigenvalue weighted by molar-refractivity contribution is -0.0878. The number of alkyl halides is 2. The van der Waals surface area contributed by atoms with Gasteiger partial charge in [0.25, 0.3) is 0 Å². The van der Waals surface area contributed by atoms with Crippen LogP contribution in [-0.2, 0) is 19.9 Å². The Labute approximate surface area is 161 Å². The number of halogens is 2. The summed E-state index contributed by atoms with van der Waals surface area (Å²) in [5.41, 5.74) is 11.6. The zero-order chi connectivity index (χ0) is 19.3. The van der Waals surface area contributed by atoms with E-state index < -0.39 is 12.1 Å². The van der Waals surface area contributed by atoms with Gasteiger partial charge < -0.3 is 0 Å². The first-order valence-corrected chi connectivity index (χ1v) is 9.84. The highest BCUT2D eigenvalue weighted by molar-refractivity contribution is 5.73. The van der Waals surface area contributed by atoms with Gasteiger partial charge in [-0.1, -0.05) is 11.6 Å². The third-order valence-electron chi connectivity index (χ3n) is 5.96. The van der Waals surface area contributed by atoms with Gasteiger partial charge in [-0.05, 0) is 36.8 Å². The van der Waals surface area contributed by atoms with Gasteiger partial charge in [0.15, 0.2) is 6.17 Å². The summed E-state index contributed by atoms with van der Waals surface area (Å²) in [7, 11) is 1.88. The Balaban J connectivity index is 1.74. The van der Waals surface area contributed by atoms with Crippen molar-refractivity contribution in [1.29, 1.82) is 0 Å². The summed E-state index contributed by atoms with van der Waals surface area (Å²) in [6.45, 7) is 0. The van der Waals surface area contributed by atoms with E-state index in [1.54, 1.807) is 4.68 Å². The average molecular weight is 387 g/mol. The van der Waals surface area contributed by atoms with Crippen molar-refractivity contribution in [2.45, 2.75) is 63.0 Å². The summed E-state index contributed by atoms with van der Waals surface area (Å²) in [5.74, 6) is -2.86. The van der Waals surface area contributed by atoms with E-state index >= 15 is 0 Å². The maximum absolute atomic E-state index is 13.7. The molecule has 1 unspecified atom stereocenters. The third-order valence-corrected chi connectivity index (χ3v) is 5.96. The molecule has 7 nitrogen and oxygen atoms in total. The van der Waals surface area contributed by atoms with Crippen molar-refractivity contribution in [2.24, 2.45) is 17.4 Å². The molecule has 0 bridgehead atoms. The summed E-state index contributed by atoms with van der Waals surface area (Å²) in [6, 6.07) is 0. The van der Waals surface area contributed by atoms with Gasteiger partial charge in [0.1, 0.15) is 0 Å². The molecule has 3 aliphatic rings. The minimum atomic E-state index is -2.60. The molecule has 148 valence electrons. The molecule has 0 spiro atoms. The first-order valence-electron chi connectivity index (χ1n) is 9.84. The van der Waals surface area contributed by atoms with Crippen LogP contribution in [0.3, 0.4) is 0 Å². The van der Waals surface area contributed by atoms with Crippen LogP contribution in [0.1, 0.15) is 66.7 Å². The van der Waals surface area contributed by atoms with Crippen LogP contribution in [0, 0.1) is 0 Å². The van der Waals surface area contributed by atoms with Crippen LogP contribution in [0.5, 0.6) is 0 Å². The minimum Gasteiger partial charge on any atom is -0.275 e. The number of hydrazine groups is 1.